The molecule has 0 aliphatic rings. The maximum atomic E-state index is 11.4. The van der Waals surface area contributed by atoms with Gasteiger partial charge in [-0.15, -0.1) is 0 Å². The number of phenols is 2. The van der Waals surface area contributed by atoms with Crippen LogP contribution in [0.15, 0.2) is 30.0 Å². The van der Waals surface area contributed by atoms with Crippen LogP contribution in [0.25, 0.3) is 0 Å². The van der Waals surface area contributed by atoms with Crippen LogP contribution >= 0.6 is 0 Å². The third-order valence-corrected chi connectivity index (χ3v) is 2.12. The predicted molar refractivity (Wildman–Crippen MR) is 65.5 cm³/mol. The summed E-state index contributed by atoms with van der Waals surface area (Å²) in [6.45, 7) is 0. The van der Waals surface area contributed by atoms with E-state index in [0.717, 1.165) is 13.2 Å². The quantitative estimate of drug-likeness (QED) is 0.320. The minimum atomic E-state index is -0.780. The fraction of sp³-hybridized carbons (Fsp3) is 0.167. The fourth-order valence-electron chi connectivity index (χ4n) is 1.19. The molecule has 0 fully saturated rings. The molecule has 0 aliphatic heterocycles. The average Bonchev–Trinajstić information content (AvgIpc) is 2.41. The van der Waals surface area contributed by atoms with Gasteiger partial charge in [-0.25, -0.2) is 9.59 Å². The first kappa shape index (κ1) is 14.4. The first-order valence-corrected chi connectivity index (χ1v) is 5.15. The van der Waals surface area contributed by atoms with Crippen LogP contribution < -0.4 is 5.32 Å². The Morgan fingerprint density at radius 2 is 1.84 bits per heavy atom. The summed E-state index contributed by atoms with van der Waals surface area (Å²) < 4.78 is 8.90. The lowest BCUT2D eigenvalue weighted by atomic mass is 10.2. The summed E-state index contributed by atoms with van der Waals surface area (Å²) in [4.78, 5) is 22.6. The van der Waals surface area contributed by atoms with Crippen molar-refractivity contribution in [2.24, 2.45) is 0 Å². The number of nitrogens with one attached hydrogen (secondary N) is 1. The highest BCUT2D eigenvalue weighted by molar-refractivity contribution is 5.98. The number of hydrogen-bond acceptors (Lipinski definition) is 7. The van der Waals surface area contributed by atoms with Gasteiger partial charge in [0.05, 0.1) is 20.3 Å². The second kappa shape index (κ2) is 6.29. The van der Waals surface area contributed by atoms with Crippen LogP contribution in [-0.4, -0.2) is 36.4 Å². The van der Waals surface area contributed by atoms with E-state index in [1.807, 2.05) is 0 Å². The molecule has 19 heavy (non-hydrogen) atoms. The zero-order valence-electron chi connectivity index (χ0n) is 10.3. The highest BCUT2D eigenvalue weighted by Gasteiger charge is 2.13. The summed E-state index contributed by atoms with van der Waals surface area (Å²) in [6.07, 6.45) is 0.912. The van der Waals surface area contributed by atoms with Crippen molar-refractivity contribution in [3.63, 3.8) is 0 Å². The van der Waals surface area contributed by atoms with Gasteiger partial charge in [0.15, 0.2) is 11.5 Å². The van der Waals surface area contributed by atoms with E-state index < -0.39 is 11.9 Å². The Hall–Kier alpha value is -2.70. The summed E-state index contributed by atoms with van der Waals surface area (Å²) in [5.41, 5.74) is 0.121. The van der Waals surface area contributed by atoms with Gasteiger partial charge in [0, 0.05) is 11.8 Å². The number of rotatable bonds is 4. The molecule has 0 amide bonds. The van der Waals surface area contributed by atoms with Gasteiger partial charge in [-0.1, -0.05) is 0 Å². The topological polar surface area (TPSA) is 105 Å². The Morgan fingerprint density at radius 1 is 1.16 bits per heavy atom. The van der Waals surface area contributed by atoms with E-state index in [-0.39, 0.29) is 22.9 Å². The second-order valence-corrected chi connectivity index (χ2v) is 3.40. The van der Waals surface area contributed by atoms with Gasteiger partial charge in [0.1, 0.15) is 5.70 Å². The molecule has 1 aromatic rings. The second-order valence-electron chi connectivity index (χ2n) is 3.40. The number of aromatic hydroxyl groups is 2. The Morgan fingerprint density at radius 3 is 2.37 bits per heavy atom. The van der Waals surface area contributed by atoms with E-state index >= 15 is 0 Å². The molecule has 0 saturated heterocycles. The molecular weight excluding hydrogens is 254 g/mol. The molecule has 1 aromatic carbocycles. The van der Waals surface area contributed by atoms with Gasteiger partial charge in [-0.05, 0) is 12.1 Å². The lowest BCUT2D eigenvalue weighted by molar-refractivity contribution is -0.138. The first-order valence-electron chi connectivity index (χ1n) is 5.15. The number of esters is 2. The largest absolute Gasteiger partial charge is 0.504 e. The molecule has 1 rings (SSSR count). The van der Waals surface area contributed by atoms with Crippen LogP contribution in [0, 0.1) is 0 Å². The van der Waals surface area contributed by atoms with Crippen molar-refractivity contribution >= 4 is 17.6 Å². The highest BCUT2D eigenvalue weighted by Crippen LogP contribution is 2.28. The van der Waals surface area contributed by atoms with E-state index in [4.69, 9.17) is 5.11 Å². The third kappa shape index (κ3) is 3.91. The van der Waals surface area contributed by atoms with Crippen LogP contribution in [0.5, 0.6) is 11.5 Å². The van der Waals surface area contributed by atoms with Crippen molar-refractivity contribution in [2.75, 3.05) is 19.5 Å². The molecule has 7 heteroatoms. The zero-order chi connectivity index (χ0) is 14.4. The molecule has 0 aromatic heterocycles. The number of carbonyl (C=O) groups excluding carboxylic acids is 2. The minimum Gasteiger partial charge on any atom is -0.504 e. The minimum absolute atomic E-state index is 0.167. The third-order valence-electron chi connectivity index (χ3n) is 2.12. The molecule has 0 spiro atoms. The van der Waals surface area contributed by atoms with Crippen molar-refractivity contribution < 1.29 is 29.3 Å². The van der Waals surface area contributed by atoms with E-state index in [2.05, 4.69) is 14.8 Å². The molecule has 0 heterocycles. The van der Waals surface area contributed by atoms with Gasteiger partial charge in [-0.2, -0.15) is 0 Å². The van der Waals surface area contributed by atoms with Gasteiger partial charge >= 0.3 is 11.9 Å². The highest BCUT2D eigenvalue weighted by atomic mass is 16.5. The maximum absolute atomic E-state index is 11.4. The number of hydrogen-bond donors (Lipinski definition) is 3. The number of ether oxygens (including phenoxy) is 2. The normalized spacial score (nSPS) is 10.7. The van der Waals surface area contributed by atoms with E-state index in [0.29, 0.717) is 0 Å². The lowest BCUT2D eigenvalue weighted by Crippen LogP contribution is -2.15. The summed E-state index contributed by atoms with van der Waals surface area (Å²) in [7, 11) is 2.32. The summed E-state index contributed by atoms with van der Waals surface area (Å²) in [5.74, 6) is -2.19. The van der Waals surface area contributed by atoms with Crippen molar-refractivity contribution in [1.82, 2.24) is 0 Å². The predicted octanol–water partition coefficient (Wildman–Crippen LogP) is 0.740. The van der Waals surface area contributed by atoms with Crippen molar-refractivity contribution in [3.8, 4) is 11.5 Å². The van der Waals surface area contributed by atoms with Crippen LogP contribution in [-0.2, 0) is 19.1 Å². The van der Waals surface area contributed by atoms with Crippen molar-refractivity contribution in [2.45, 2.75) is 0 Å². The Kier molecular flexibility index (Phi) is 4.76. The smallest absolute Gasteiger partial charge is 0.354 e. The average molecular weight is 267 g/mol. The molecule has 0 aliphatic carbocycles. The number of benzene rings is 1. The zero-order valence-corrected chi connectivity index (χ0v) is 10.3. The van der Waals surface area contributed by atoms with E-state index in [1.165, 1.54) is 25.3 Å². The van der Waals surface area contributed by atoms with Gasteiger partial charge in [-0.3, -0.25) is 0 Å². The molecule has 3 N–H and O–H groups in total. The van der Waals surface area contributed by atoms with E-state index in [9.17, 15) is 14.7 Å². The molecule has 0 unspecified atom stereocenters. The van der Waals surface area contributed by atoms with Gasteiger partial charge in [0.25, 0.3) is 0 Å². The lowest BCUT2D eigenvalue weighted by Gasteiger charge is -2.09. The number of phenolic OH excluding ortho intramolecular Hbond substituents is 2. The summed E-state index contributed by atoms with van der Waals surface area (Å²) in [5, 5.41) is 21.1. The number of carbonyl (C=O) groups is 2. The fourth-order valence-corrected chi connectivity index (χ4v) is 1.19. The van der Waals surface area contributed by atoms with Crippen LogP contribution in [0.1, 0.15) is 0 Å². The molecule has 0 saturated carbocycles. The molecule has 0 bridgehead atoms. The maximum Gasteiger partial charge on any atom is 0.354 e. The first-order chi connectivity index (χ1) is 8.97. The SMILES string of the molecule is COC(=O)/C=C(/Nc1ccc(O)c(O)c1)C(=O)OC. The molecule has 102 valence electrons. The Bertz CT molecular complexity index is 523. The van der Waals surface area contributed by atoms with Crippen molar-refractivity contribution in [3.05, 3.63) is 30.0 Å². The van der Waals surface area contributed by atoms with Gasteiger partial charge < -0.3 is 25.0 Å². The van der Waals surface area contributed by atoms with Crippen LogP contribution in [0.4, 0.5) is 5.69 Å². The van der Waals surface area contributed by atoms with E-state index in [1.54, 1.807) is 0 Å². The number of anilines is 1. The molecule has 0 atom stereocenters. The standard InChI is InChI=1S/C12H13NO6/c1-18-11(16)6-8(12(17)19-2)13-7-3-4-9(14)10(15)5-7/h3-6,13-15H,1-2H3/b8-6+. The Balaban J connectivity index is 3.00. The summed E-state index contributed by atoms with van der Waals surface area (Å²) in [6, 6.07) is 3.82. The Labute approximate surface area is 109 Å². The molecule has 7 nitrogen and oxygen atoms in total. The number of methoxy groups -OCH3 is 2. The van der Waals surface area contributed by atoms with Crippen LogP contribution in [0.2, 0.25) is 0 Å². The monoisotopic (exact) mass is 267 g/mol. The van der Waals surface area contributed by atoms with Gasteiger partial charge in [0.2, 0.25) is 0 Å². The van der Waals surface area contributed by atoms with Crippen molar-refractivity contribution in [1.29, 1.82) is 0 Å². The molecular formula is C12H13NO6. The van der Waals surface area contributed by atoms with Crippen LogP contribution in [0.3, 0.4) is 0 Å². The summed E-state index contributed by atoms with van der Waals surface area (Å²) >= 11 is 0. The molecule has 0 radical (unpaired) electrons.